The number of rotatable bonds is 3. The number of aromatic nitrogens is 3. The van der Waals surface area contributed by atoms with E-state index in [0.29, 0.717) is 16.9 Å². The molecule has 0 N–H and O–H groups in total. The Labute approximate surface area is 120 Å². The molecule has 0 saturated heterocycles. The van der Waals surface area contributed by atoms with Crippen molar-refractivity contribution in [3.8, 4) is 11.3 Å². The smallest absolute Gasteiger partial charge is 0.343 e. The fourth-order valence-electron chi connectivity index (χ4n) is 2.00. The van der Waals surface area contributed by atoms with Gasteiger partial charge in [0, 0.05) is 11.8 Å². The largest absolute Gasteiger partial charge is 0.462 e. The van der Waals surface area contributed by atoms with Crippen LogP contribution >= 0.6 is 0 Å². The normalized spacial score (nSPS) is 10.8. The van der Waals surface area contributed by atoms with E-state index in [1.165, 1.54) is 22.8 Å². The molecule has 0 aliphatic heterocycles. The van der Waals surface area contributed by atoms with Crippen LogP contribution in [0.1, 0.15) is 17.3 Å². The number of ether oxygens (including phenoxy) is 1. The fraction of sp³-hybridized carbons (Fsp3) is 0.133. The van der Waals surface area contributed by atoms with Crippen molar-refractivity contribution in [1.82, 2.24) is 14.6 Å². The summed E-state index contributed by atoms with van der Waals surface area (Å²) < 4.78 is 19.4. The zero-order chi connectivity index (χ0) is 14.8. The maximum Gasteiger partial charge on any atom is 0.343 e. The molecular formula is C15H12FN3O2. The molecule has 0 bridgehead atoms. The van der Waals surface area contributed by atoms with Crippen LogP contribution in [0.15, 0.2) is 42.7 Å². The maximum absolute atomic E-state index is 13.0. The Balaban J connectivity index is 2.08. The molecule has 0 radical (unpaired) electrons. The fourth-order valence-corrected chi connectivity index (χ4v) is 2.00. The first kappa shape index (κ1) is 13.2. The lowest BCUT2D eigenvalue weighted by Crippen LogP contribution is -2.05. The van der Waals surface area contributed by atoms with Gasteiger partial charge < -0.3 is 4.74 Å². The summed E-state index contributed by atoms with van der Waals surface area (Å²) in [5.41, 5.74) is 2.11. The van der Waals surface area contributed by atoms with Crippen molar-refractivity contribution in [2.24, 2.45) is 0 Å². The summed E-state index contributed by atoms with van der Waals surface area (Å²) >= 11 is 0. The second kappa shape index (κ2) is 5.32. The molecular weight excluding hydrogens is 273 g/mol. The summed E-state index contributed by atoms with van der Waals surface area (Å²) in [5.74, 6) is -0.771. The van der Waals surface area contributed by atoms with Crippen molar-refractivity contribution in [2.75, 3.05) is 6.61 Å². The molecule has 0 aliphatic rings. The Kier molecular flexibility index (Phi) is 3.35. The Morgan fingerprint density at radius 1 is 1.29 bits per heavy atom. The minimum Gasteiger partial charge on any atom is -0.462 e. The predicted molar refractivity (Wildman–Crippen MR) is 74.3 cm³/mol. The van der Waals surface area contributed by atoms with Crippen LogP contribution in [0, 0.1) is 5.82 Å². The third-order valence-corrected chi connectivity index (χ3v) is 3.00. The number of hydrogen-bond donors (Lipinski definition) is 0. The van der Waals surface area contributed by atoms with Gasteiger partial charge in [-0.3, -0.25) is 0 Å². The average Bonchev–Trinajstić information content (AvgIpc) is 2.91. The van der Waals surface area contributed by atoms with Gasteiger partial charge in [-0.2, -0.15) is 5.10 Å². The van der Waals surface area contributed by atoms with Gasteiger partial charge in [-0.05, 0) is 37.3 Å². The molecule has 0 unspecified atom stereocenters. The SMILES string of the molecule is CCOC(=O)c1cnn2ccc(-c3ccc(F)cc3)nc12. The van der Waals surface area contributed by atoms with Crippen molar-refractivity contribution in [3.63, 3.8) is 0 Å². The van der Waals surface area contributed by atoms with Gasteiger partial charge in [0.25, 0.3) is 0 Å². The molecule has 0 amide bonds. The molecule has 1 aromatic carbocycles. The monoisotopic (exact) mass is 285 g/mol. The summed E-state index contributed by atoms with van der Waals surface area (Å²) in [6, 6.07) is 7.75. The van der Waals surface area contributed by atoms with E-state index in [0.717, 1.165) is 5.56 Å². The Hall–Kier alpha value is -2.76. The van der Waals surface area contributed by atoms with Crippen LogP contribution in [0.2, 0.25) is 0 Å². The molecule has 0 saturated carbocycles. The number of halogens is 1. The molecule has 0 spiro atoms. The van der Waals surface area contributed by atoms with Crippen LogP contribution in [0.4, 0.5) is 4.39 Å². The highest BCUT2D eigenvalue weighted by molar-refractivity contribution is 5.95. The van der Waals surface area contributed by atoms with Gasteiger partial charge in [0.15, 0.2) is 5.65 Å². The molecule has 106 valence electrons. The van der Waals surface area contributed by atoms with E-state index < -0.39 is 5.97 Å². The number of hydrogen-bond acceptors (Lipinski definition) is 4. The number of fused-ring (bicyclic) bond motifs is 1. The van der Waals surface area contributed by atoms with E-state index >= 15 is 0 Å². The number of esters is 1. The molecule has 0 aliphatic carbocycles. The van der Waals surface area contributed by atoms with E-state index in [1.54, 1.807) is 31.3 Å². The Morgan fingerprint density at radius 3 is 2.76 bits per heavy atom. The lowest BCUT2D eigenvalue weighted by Gasteiger charge is -2.03. The molecule has 2 heterocycles. The molecule has 6 heteroatoms. The third-order valence-electron chi connectivity index (χ3n) is 3.00. The summed E-state index contributed by atoms with van der Waals surface area (Å²) in [6.45, 7) is 2.02. The second-order valence-electron chi connectivity index (χ2n) is 4.37. The topological polar surface area (TPSA) is 56.5 Å². The van der Waals surface area contributed by atoms with Gasteiger partial charge in [0.05, 0.1) is 18.5 Å². The summed E-state index contributed by atoms with van der Waals surface area (Å²) in [5, 5.41) is 4.06. The summed E-state index contributed by atoms with van der Waals surface area (Å²) in [7, 11) is 0. The number of carbonyl (C=O) groups is 1. The summed E-state index contributed by atoms with van der Waals surface area (Å²) in [6.07, 6.45) is 3.12. The highest BCUT2D eigenvalue weighted by atomic mass is 19.1. The van der Waals surface area contributed by atoms with Crippen LogP contribution in [0.5, 0.6) is 0 Å². The van der Waals surface area contributed by atoms with Crippen molar-refractivity contribution in [2.45, 2.75) is 6.92 Å². The zero-order valence-electron chi connectivity index (χ0n) is 11.3. The maximum atomic E-state index is 13.0. The first-order chi connectivity index (χ1) is 10.2. The van der Waals surface area contributed by atoms with Gasteiger partial charge in [-0.15, -0.1) is 0 Å². The van der Waals surface area contributed by atoms with Gasteiger partial charge in [0.2, 0.25) is 0 Å². The van der Waals surface area contributed by atoms with Crippen LogP contribution < -0.4 is 0 Å². The lowest BCUT2D eigenvalue weighted by atomic mass is 10.1. The molecule has 2 aromatic heterocycles. The van der Waals surface area contributed by atoms with Gasteiger partial charge >= 0.3 is 5.97 Å². The van der Waals surface area contributed by atoms with Crippen LogP contribution in [0.3, 0.4) is 0 Å². The number of benzene rings is 1. The first-order valence-electron chi connectivity index (χ1n) is 6.46. The van der Waals surface area contributed by atoms with E-state index in [9.17, 15) is 9.18 Å². The van der Waals surface area contributed by atoms with E-state index in [4.69, 9.17) is 4.74 Å². The Bertz CT molecular complexity index is 796. The molecule has 0 fully saturated rings. The molecule has 3 aromatic rings. The predicted octanol–water partition coefficient (Wildman–Crippen LogP) is 2.71. The van der Waals surface area contributed by atoms with Gasteiger partial charge in [-0.1, -0.05) is 0 Å². The zero-order valence-corrected chi connectivity index (χ0v) is 11.3. The minimum atomic E-state index is -0.462. The van der Waals surface area contributed by atoms with Crippen molar-refractivity contribution in [1.29, 1.82) is 0 Å². The van der Waals surface area contributed by atoms with E-state index in [1.807, 2.05) is 0 Å². The third kappa shape index (κ3) is 2.47. The number of nitrogens with zero attached hydrogens (tertiary/aromatic N) is 3. The number of carbonyl (C=O) groups excluding carboxylic acids is 1. The molecule has 0 atom stereocenters. The highest BCUT2D eigenvalue weighted by Gasteiger charge is 2.15. The molecule has 5 nitrogen and oxygen atoms in total. The Morgan fingerprint density at radius 2 is 2.05 bits per heavy atom. The van der Waals surface area contributed by atoms with Crippen molar-refractivity contribution >= 4 is 11.6 Å². The second-order valence-corrected chi connectivity index (χ2v) is 4.37. The standard InChI is InChI=1S/C15H12FN3O2/c1-2-21-15(20)12-9-17-19-8-7-13(18-14(12)19)10-3-5-11(16)6-4-10/h3-9H,2H2,1H3. The minimum absolute atomic E-state index is 0.286. The van der Waals surface area contributed by atoms with Crippen LogP contribution in [-0.4, -0.2) is 27.2 Å². The molecule has 21 heavy (non-hydrogen) atoms. The van der Waals surface area contributed by atoms with E-state index in [-0.39, 0.29) is 12.4 Å². The van der Waals surface area contributed by atoms with Gasteiger partial charge in [0.1, 0.15) is 11.4 Å². The van der Waals surface area contributed by atoms with Crippen molar-refractivity contribution < 1.29 is 13.9 Å². The van der Waals surface area contributed by atoms with Crippen LogP contribution in [0.25, 0.3) is 16.9 Å². The van der Waals surface area contributed by atoms with Gasteiger partial charge in [-0.25, -0.2) is 18.7 Å². The van der Waals surface area contributed by atoms with Crippen molar-refractivity contribution in [3.05, 3.63) is 54.1 Å². The molecule has 3 rings (SSSR count). The van der Waals surface area contributed by atoms with Crippen LogP contribution in [-0.2, 0) is 4.74 Å². The lowest BCUT2D eigenvalue weighted by molar-refractivity contribution is 0.0528. The quantitative estimate of drug-likeness (QED) is 0.694. The highest BCUT2D eigenvalue weighted by Crippen LogP contribution is 2.19. The first-order valence-corrected chi connectivity index (χ1v) is 6.46. The summed E-state index contributed by atoms with van der Waals surface area (Å²) in [4.78, 5) is 16.3. The average molecular weight is 285 g/mol. The van der Waals surface area contributed by atoms with E-state index in [2.05, 4.69) is 10.1 Å².